The number of carbonyl (C=O) groups is 5. The summed E-state index contributed by atoms with van der Waals surface area (Å²) in [6.45, 7) is 3.29. The zero-order valence-electron chi connectivity index (χ0n) is 20.4. The Labute approximate surface area is 213 Å². The predicted molar refractivity (Wildman–Crippen MR) is 133 cm³/mol. The number of carboxylic acids is 2. The third-order valence-corrected chi connectivity index (χ3v) is 5.86. The average Bonchev–Trinajstić information content (AvgIpc) is 2.79. The number of hydrogen-bond acceptors (Lipinski definition) is 8. The minimum absolute atomic E-state index is 0.0622. The van der Waals surface area contributed by atoms with E-state index in [0.717, 1.165) is 0 Å². The van der Waals surface area contributed by atoms with E-state index in [-0.39, 0.29) is 18.6 Å². The molecule has 0 spiro atoms. The summed E-state index contributed by atoms with van der Waals surface area (Å²) in [6.07, 6.45) is 1.23. The van der Waals surface area contributed by atoms with Crippen molar-refractivity contribution in [3.8, 4) is 5.75 Å². The van der Waals surface area contributed by atoms with E-state index in [0.29, 0.717) is 11.3 Å². The number of phenolic OH excluding ortho intramolecular Hbond substituents is 1. The Morgan fingerprint density at radius 1 is 0.917 bits per heavy atom. The molecule has 0 bridgehead atoms. The van der Waals surface area contributed by atoms with Crippen LogP contribution in [-0.2, 0) is 30.4 Å². The Bertz CT molecular complexity index is 925. The van der Waals surface area contributed by atoms with E-state index >= 15 is 0 Å². The standard InChI is InChI=1S/C23H34N4O8S/c1-12(2)19(27-20(31)15(24)10-13-4-6-14(28)7-5-13)22(33)26-17(11-18(29)30)21(32)25-16(23(34)35)8-9-36-3/h4-7,12,15-17,19,28H,8-11,24H2,1-3H3,(H,25,32)(H,26,33)(H,27,31)(H,29,30)(H,34,35). The van der Waals surface area contributed by atoms with Gasteiger partial charge >= 0.3 is 11.9 Å². The molecule has 0 radical (unpaired) electrons. The molecule has 36 heavy (non-hydrogen) atoms. The zero-order valence-corrected chi connectivity index (χ0v) is 21.2. The van der Waals surface area contributed by atoms with Crippen LogP contribution in [0.5, 0.6) is 5.75 Å². The van der Waals surface area contributed by atoms with Crippen molar-refractivity contribution in [1.82, 2.24) is 16.0 Å². The lowest BCUT2D eigenvalue weighted by atomic mass is 10.0. The summed E-state index contributed by atoms with van der Waals surface area (Å²) in [5, 5.41) is 35.0. The lowest BCUT2D eigenvalue weighted by Crippen LogP contribution is -2.59. The van der Waals surface area contributed by atoms with Crippen molar-refractivity contribution in [2.24, 2.45) is 11.7 Å². The molecule has 1 rings (SSSR count). The van der Waals surface area contributed by atoms with Crippen LogP contribution in [0.4, 0.5) is 0 Å². The van der Waals surface area contributed by atoms with Crippen molar-refractivity contribution < 1.29 is 39.3 Å². The fraction of sp³-hybridized carbons (Fsp3) is 0.522. The van der Waals surface area contributed by atoms with Gasteiger partial charge in [0.05, 0.1) is 12.5 Å². The first-order valence-electron chi connectivity index (χ1n) is 11.2. The first-order valence-corrected chi connectivity index (χ1v) is 12.6. The minimum Gasteiger partial charge on any atom is -0.508 e. The third-order valence-electron chi connectivity index (χ3n) is 5.21. The number of rotatable bonds is 15. The van der Waals surface area contributed by atoms with Crippen molar-refractivity contribution >= 4 is 41.4 Å². The molecule has 13 heteroatoms. The Morgan fingerprint density at radius 2 is 1.50 bits per heavy atom. The van der Waals surface area contributed by atoms with E-state index in [2.05, 4.69) is 16.0 Å². The fourth-order valence-corrected chi connectivity index (χ4v) is 3.66. The number of carboxylic acid groups (broad SMARTS) is 2. The van der Waals surface area contributed by atoms with E-state index in [1.54, 1.807) is 32.2 Å². The second-order valence-electron chi connectivity index (χ2n) is 8.55. The lowest BCUT2D eigenvalue weighted by Gasteiger charge is -2.26. The average molecular weight is 527 g/mol. The van der Waals surface area contributed by atoms with Gasteiger partial charge in [0.15, 0.2) is 0 Å². The van der Waals surface area contributed by atoms with Crippen LogP contribution in [0.15, 0.2) is 24.3 Å². The van der Waals surface area contributed by atoms with Crippen LogP contribution in [0, 0.1) is 5.92 Å². The van der Waals surface area contributed by atoms with E-state index in [9.17, 15) is 39.3 Å². The maximum absolute atomic E-state index is 12.9. The van der Waals surface area contributed by atoms with Crippen LogP contribution in [0.25, 0.3) is 0 Å². The molecule has 0 aliphatic heterocycles. The number of aliphatic carboxylic acids is 2. The highest BCUT2D eigenvalue weighted by Crippen LogP contribution is 2.12. The Morgan fingerprint density at radius 3 is 2.00 bits per heavy atom. The van der Waals surface area contributed by atoms with Gasteiger partial charge in [-0.3, -0.25) is 19.2 Å². The topological polar surface area (TPSA) is 208 Å². The molecular weight excluding hydrogens is 492 g/mol. The first-order chi connectivity index (χ1) is 16.8. The molecule has 0 aliphatic carbocycles. The Hall–Kier alpha value is -3.32. The molecule has 3 amide bonds. The summed E-state index contributed by atoms with van der Waals surface area (Å²) in [5.41, 5.74) is 6.66. The molecule has 200 valence electrons. The van der Waals surface area contributed by atoms with Crippen LogP contribution < -0.4 is 21.7 Å². The number of amides is 3. The molecule has 4 atom stereocenters. The van der Waals surface area contributed by atoms with Gasteiger partial charge in [-0.15, -0.1) is 0 Å². The Balaban J connectivity index is 2.91. The molecule has 12 nitrogen and oxygen atoms in total. The van der Waals surface area contributed by atoms with E-state index in [4.69, 9.17) is 5.73 Å². The molecule has 1 aromatic carbocycles. The Kier molecular flexibility index (Phi) is 12.7. The van der Waals surface area contributed by atoms with Gasteiger partial charge in [-0.25, -0.2) is 4.79 Å². The maximum atomic E-state index is 12.9. The number of thioether (sulfide) groups is 1. The molecule has 0 saturated heterocycles. The number of phenols is 1. The first kappa shape index (κ1) is 30.7. The van der Waals surface area contributed by atoms with Crippen molar-refractivity contribution in [1.29, 1.82) is 0 Å². The van der Waals surface area contributed by atoms with Gasteiger partial charge in [0.1, 0.15) is 23.9 Å². The highest BCUT2D eigenvalue weighted by atomic mass is 32.2. The van der Waals surface area contributed by atoms with Gasteiger partial charge in [0, 0.05) is 0 Å². The van der Waals surface area contributed by atoms with Crippen molar-refractivity contribution in [3.05, 3.63) is 29.8 Å². The van der Waals surface area contributed by atoms with Crippen molar-refractivity contribution in [2.45, 2.75) is 57.3 Å². The summed E-state index contributed by atoms with van der Waals surface area (Å²) in [4.78, 5) is 61.0. The van der Waals surface area contributed by atoms with Crippen molar-refractivity contribution in [3.63, 3.8) is 0 Å². The van der Waals surface area contributed by atoms with Gasteiger partial charge in [-0.05, 0) is 48.5 Å². The number of nitrogens with one attached hydrogen (secondary N) is 3. The molecule has 0 aromatic heterocycles. The molecule has 0 saturated carbocycles. The molecular formula is C23H34N4O8S. The maximum Gasteiger partial charge on any atom is 0.326 e. The number of nitrogens with two attached hydrogens (primary N) is 1. The highest BCUT2D eigenvalue weighted by molar-refractivity contribution is 7.98. The quantitative estimate of drug-likeness (QED) is 0.158. The normalized spacial score (nSPS) is 14.2. The predicted octanol–water partition coefficient (Wildman–Crippen LogP) is -0.315. The second kappa shape index (κ2) is 14.9. The number of aromatic hydroxyl groups is 1. The van der Waals surface area contributed by atoms with E-state index < -0.39 is 66.2 Å². The van der Waals surface area contributed by atoms with Crippen molar-refractivity contribution in [2.75, 3.05) is 12.0 Å². The zero-order chi connectivity index (χ0) is 27.4. The molecule has 0 aliphatic rings. The highest BCUT2D eigenvalue weighted by Gasteiger charge is 2.32. The number of carbonyl (C=O) groups excluding carboxylic acids is 3. The number of hydrogen-bond donors (Lipinski definition) is 7. The lowest BCUT2D eigenvalue weighted by molar-refractivity contribution is -0.143. The minimum atomic E-state index is -1.56. The molecule has 4 unspecified atom stereocenters. The van der Waals surface area contributed by atoms with Crippen LogP contribution in [0.1, 0.15) is 32.3 Å². The smallest absolute Gasteiger partial charge is 0.326 e. The third kappa shape index (κ3) is 10.5. The summed E-state index contributed by atoms with van der Waals surface area (Å²) in [5.74, 6) is -5.02. The summed E-state index contributed by atoms with van der Waals surface area (Å²) in [7, 11) is 0. The molecule has 8 N–H and O–H groups in total. The molecule has 1 aromatic rings. The summed E-state index contributed by atoms with van der Waals surface area (Å²) in [6, 6.07) is 1.14. The largest absolute Gasteiger partial charge is 0.508 e. The van der Waals surface area contributed by atoms with Crippen LogP contribution in [0.3, 0.4) is 0 Å². The van der Waals surface area contributed by atoms with Gasteiger partial charge in [-0.1, -0.05) is 26.0 Å². The molecule has 0 fully saturated rings. The van der Waals surface area contributed by atoms with Crippen LogP contribution >= 0.6 is 11.8 Å². The monoisotopic (exact) mass is 526 g/mol. The number of benzene rings is 1. The van der Waals surface area contributed by atoms with Crippen LogP contribution in [0.2, 0.25) is 0 Å². The van der Waals surface area contributed by atoms with Gasteiger partial charge in [0.25, 0.3) is 0 Å². The summed E-state index contributed by atoms with van der Waals surface area (Å²) < 4.78 is 0. The second-order valence-corrected chi connectivity index (χ2v) is 9.53. The van der Waals surface area contributed by atoms with Gasteiger partial charge in [-0.2, -0.15) is 11.8 Å². The van der Waals surface area contributed by atoms with Crippen LogP contribution in [-0.4, -0.2) is 81.2 Å². The van der Waals surface area contributed by atoms with Gasteiger partial charge < -0.3 is 37.0 Å². The SMILES string of the molecule is CSCCC(NC(=O)C(CC(=O)O)NC(=O)C(NC(=O)C(N)Cc1ccc(O)cc1)C(C)C)C(=O)O. The fourth-order valence-electron chi connectivity index (χ4n) is 3.18. The summed E-state index contributed by atoms with van der Waals surface area (Å²) >= 11 is 1.38. The van der Waals surface area contributed by atoms with E-state index in [1.165, 1.54) is 23.9 Å². The van der Waals surface area contributed by atoms with E-state index in [1.807, 2.05) is 0 Å². The van der Waals surface area contributed by atoms with Gasteiger partial charge in [0.2, 0.25) is 17.7 Å². The molecule has 0 heterocycles.